The highest BCUT2D eigenvalue weighted by Gasteiger charge is 2.15. The first-order valence-electron chi connectivity index (χ1n) is 5.58. The highest BCUT2D eigenvalue weighted by Crippen LogP contribution is 2.31. The quantitative estimate of drug-likeness (QED) is 0.861. The fourth-order valence-corrected chi connectivity index (χ4v) is 2.34. The van der Waals surface area contributed by atoms with Gasteiger partial charge < -0.3 is 15.0 Å². The Morgan fingerprint density at radius 2 is 2.38 bits per heavy atom. The van der Waals surface area contributed by atoms with Crippen molar-refractivity contribution in [3.63, 3.8) is 0 Å². The molecule has 3 nitrogen and oxygen atoms in total. The molecule has 1 heterocycles. The van der Waals surface area contributed by atoms with E-state index in [1.54, 1.807) is 7.11 Å². The van der Waals surface area contributed by atoms with Crippen molar-refractivity contribution in [2.45, 2.75) is 6.42 Å². The highest BCUT2D eigenvalue weighted by molar-refractivity contribution is 9.10. The summed E-state index contributed by atoms with van der Waals surface area (Å²) < 4.78 is 6.22. The molecule has 4 heteroatoms. The van der Waals surface area contributed by atoms with E-state index >= 15 is 0 Å². The van der Waals surface area contributed by atoms with Crippen LogP contribution in [0.25, 0.3) is 0 Å². The molecule has 0 radical (unpaired) electrons. The predicted octanol–water partition coefficient (Wildman–Crippen LogP) is 2.72. The molecule has 88 valence electrons. The monoisotopic (exact) mass is 284 g/mol. The van der Waals surface area contributed by atoms with Gasteiger partial charge in [0, 0.05) is 37.8 Å². The summed E-state index contributed by atoms with van der Waals surface area (Å²) in [4.78, 5) is 2.41. The molecule has 0 saturated carbocycles. The van der Waals surface area contributed by atoms with Crippen LogP contribution in [0.15, 0.2) is 22.7 Å². The van der Waals surface area contributed by atoms with Gasteiger partial charge in [0.2, 0.25) is 0 Å². The third-order valence-electron chi connectivity index (χ3n) is 2.77. The fourth-order valence-electron chi connectivity index (χ4n) is 1.99. The van der Waals surface area contributed by atoms with Crippen molar-refractivity contribution in [3.8, 4) is 0 Å². The molecule has 1 aromatic rings. The summed E-state index contributed by atoms with van der Waals surface area (Å²) >= 11 is 3.52. The second-order valence-electron chi connectivity index (χ2n) is 3.92. The SMILES string of the molecule is COCCCN1CCNc2ccc(Br)cc21. The van der Waals surface area contributed by atoms with Crippen LogP contribution in [0, 0.1) is 0 Å². The summed E-state index contributed by atoms with van der Waals surface area (Å²) in [6.45, 7) is 3.96. The number of nitrogens with zero attached hydrogens (tertiary/aromatic N) is 1. The zero-order valence-corrected chi connectivity index (χ0v) is 11.1. The van der Waals surface area contributed by atoms with Gasteiger partial charge in [0.1, 0.15) is 0 Å². The third-order valence-corrected chi connectivity index (χ3v) is 3.27. The van der Waals surface area contributed by atoms with Gasteiger partial charge in [0.05, 0.1) is 11.4 Å². The number of hydrogen-bond donors (Lipinski definition) is 1. The lowest BCUT2D eigenvalue weighted by Gasteiger charge is -2.32. The summed E-state index contributed by atoms with van der Waals surface area (Å²) in [7, 11) is 1.75. The molecule has 0 fully saturated rings. The van der Waals surface area contributed by atoms with E-state index in [1.807, 2.05) is 0 Å². The first kappa shape index (κ1) is 11.7. The highest BCUT2D eigenvalue weighted by atomic mass is 79.9. The van der Waals surface area contributed by atoms with Gasteiger partial charge in [-0.05, 0) is 24.6 Å². The van der Waals surface area contributed by atoms with Gasteiger partial charge in [0.25, 0.3) is 0 Å². The Morgan fingerprint density at radius 1 is 1.50 bits per heavy atom. The number of halogens is 1. The van der Waals surface area contributed by atoms with E-state index in [0.717, 1.165) is 37.1 Å². The van der Waals surface area contributed by atoms with Crippen molar-refractivity contribution in [3.05, 3.63) is 22.7 Å². The average Bonchev–Trinajstić information content (AvgIpc) is 2.30. The number of rotatable bonds is 4. The van der Waals surface area contributed by atoms with Crippen LogP contribution in [0.1, 0.15) is 6.42 Å². The van der Waals surface area contributed by atoms with Gasteiger partial charge in [0.15, 0.2) is 0 Å². The van der Waals surface area contributed by atoms with Crippen molar-refractivity contribution in [2.24, 2.45) is 0 Å². The number of ether oxygens (including phenoxy) is 1. The number of fused-ring (bicyclic) bond motifs is 1. The van der Waals surface area contributed by atoms with Crippen LogP contribution < -0.4 is 10.2 Å². The predicted molar refractivity (Wildman–Crippen MR) is 71.3 cm³/mol. The van der Waals surface area contributed by atoms with E-state index in [0.29, 0.717) is 0 Å². The van der Waals surface area contributed by atoms with Crippen molar-refractivity contribution < 1.29 is 4.74 Å². The summed E-state index contributed by atoms with van der Waals surface area (Å²) in [5, 5.41) is 3.42. The van der Waals surface area contributed by atoms with E-state index in [9.17, 15) is 0 Å². The molecular formula is C12H17BrN2O. The second kappa shape index (κ2) is 5.55. The molecular weight excluding hydrogens is 268 g/mol. The van der Waals surface area contributed by atoms with Gasteiger partial charge in [-0.2, -0.15) is 0 Å². The minimum absolute atomic E-state index is 0.827. The molecule has 2 rings (SSSR count). The topological polar surface area (TPSA) is 24.5 Å². The molecule has 0 spiro atoms. The van der Waals surface area contributed by atoms with Crippen LogP contribution in [0.2, 0.25) is 0 Å². The zero-order valence-electron chi connectivity index (χ0n) is 9.50. The summed E-state index contributed by atoms with van der Waals surface area (Å²) in [5.74, 6) is 0. The van der Waals surface area contributed by atoms with Crippen LogP contribution in [0.4, 0.5) is 11.4 Å². The van der Waals surface area contributed by atoms with Gasteiger partial charge in [-0.25, -0.2) is 0 Å². The van der Waals surface area contributed by atoms with Gasteiger partial charge in [-0.3, -0.25) is 0 Å². The Morgan fingerprint density at radius 3 is 3.19 bits per heavy atom. The average molecular weight is 285 g/mol. The molecule has 0 bridgehead atoms. The van der Waals surface area contributed by atoms with Crippen molar-refractivity contribution in [1.82, 2.24) is 0 Å². The first-order valence-corrected chi connectivity index (χ1v) is 6.38. The van der Waals surface area contributed by atoms with Crippen LogP contribution in [0.3, 0.4) is 0 Å². The van der Waals surface area contributed by atoms with E-state index in [4.69, 9.17) is 4.74 Å². The number of methoxy groups -OCH3 is 1. The maximum atomic E-state index is 5.09. The molecule has 1 aliphatic rings. The normalized spacial score (nSPS) is 14.5. The van der Waals surface area contributed by atoms with E-state index in [-0.39, 0.29) is 0 Å². The lowest BCUT2D eigenvalue weighted by molar-refractivity contribution is 0.196. The minimum Gasteiger partial charge on any atom is -0.385 e. The largest absolute Gasteiger partial charge is 0.385 e. The van der Waals surface area contributed by atoms with E-state index < -0.39 is 0 Å². The lowest BCUT2D eigenvalue weighted by atomic mass is 10.2. The zero-order chi connectivity index (χ0) is 11.4. The van der Waals surface area contributed by atoms with E-state index in [2.05, 4.69) is 44.3 Å². The molecule has 0 atom stereocenters. The molecule has 16 heavy (non-hydrogen) atoms. The number of hydrogen-bond acceptors (Lipinski definition) is 3. The summed E-state index contributed by atoms with van der Waals surface area (Å²) in [5.41, 5.74) is 2.52. The smallest absolute Gasteiger partial charge is 0.0613 e. The lowest BCUT2D eigenvalue weighted by Crippen LogP contribution is -2.35. The Hall–Kier alpha value is -0.740. The van der Waals surface area contributed by atoms with Crippen molar-refractivity contribution in [1.29, 1.82) is 0 Å². The molecule has 1 N–H and O–H groups in total. The number of anilines is 2. The molecule has 1 aromatic carbocycles. The van der Waals surface area contributed by atoms with Crippen LogP contribution in [-0.2, 0) is 4.74 Å². The number of benzene rings is 1. The maximum absolute atomic E-state index is 5.09. The Balaban J connectivity index is 2.09. The van der Waals surface area contributed by atoms with Gasteiger partial charge >= 0.3 is 0 Å². The summed E-state index contributed by atoms with van der Waals surface area (Å²) in [6.07, 6.45) is 1.07. The van der Waals surface area contributed by atoms with Crippen LogP contribution >= 0.6 is 15.9 Å². The molecule has 0 amide bonds. The Bertz CT molecular complexity index is 357. The third kappa shape index (κ3) is 2.68. The first-order chi connectivity index (χ1) is 7.81. The molecule has 0 saturated heterocycles. The Kier molecular flexibility index (Phi) is 4.07. The maximum Gasteiger partial charge on any atom is 0.0613 e. The summed E-state index contributed by atoms with van der Waals surface area (Å²) in [6, 6.07) is 6.38. The standard InChI is InChI=1S/C12H17BrN2O/c1-16-8-2-6-15-7-5-14-11-4-3-10(13)9-12(11)15/h3-4,9,14H,2,5-8H2,1H3. The van der Waals surface area contributed by atoms with E-state index in [1.165, 1.54) is 11.4 Å². The molecule has 0 aromatic heterocycles. The van der Waals surface area contributed by atoms with Crippen LogP contribution in [0.5, 0.6) is 0 Å². The van der Waals surface area contributed by atoms with Crippen LogP contribution in [-0.4, -0.2) is 33.4 Å². The van der Waals surface area contributed by atoms with Crippen molar-refractivity contribution in [2.75, 3.05) is 43.6 Å². The number of nitrogens with one attached hydrogen (secondary N) is 1. The molecule has 1 aliphatic heterocycles. The van der Waals surface area contributed by atoms with Gasteiger partial charge in [-0.1, -0.05) is 15.9 Å². The van der Waals surface area contributed by atoms with Crippen molar-refractivity contribution >= 4 is 27.3 Å². The fraction of sp³-hybridized carbons (Fsp3) is 0.500. The second-order valence-corrected chi connectivity index (χ2v) is 4.84. The Labute approximate surface area is 105 Å². The molecule has 0 unspecified atom stereocenters. The van der Waals surface area contributed by atoms with Gasteiger partial charge in [-0.15, -0.1) is 0 Å². The minimum atomic E-state index is 0.827. The molecule has 0 aliphatic carbocycles.